The molecule has 1 aromatic carbocycles. The predicted molar refractivity (Wildman–Crippen MR) is 124 cm³/mol. The second-order valence-electron chi connectivity index (χ2n) is 8.12. The van der Waals surface area contributed by atoms with Gasteiger partial charge < -0.3 is 14.2 Å². The van der Waals surface area contributed by atoms with Crippen molar-refractivity contribution in [1.29, 1.82) is 0 Å². The topological polar surface area (TPSA) is 69.4 Å². The molecule has 1 aliphatic rings. The third-order valence-corrected chi connectivity index (χ3v) is 7.24. The van der Waals surface area contributed by atoms with Crippen molar-refractivity contribution in [3.8, 4) is 5.69 Å². The summed E-state index contributed by atoms with van der Waals surface area (Å²) in [5.74, 6) is -0.655. The summed E-state index contributed by atoms with van der Waals surface area (Å²) in [5.41, 5.74) is 2.11. The predicted octanol–water partition coefficient (Wildman–Crippen LogP) is 4.60. The molecule has 1 aliphatic heterocycles. The van der Waals surface area contributed by atoms with Crippen molar-refractivity contribution in [2.24, 2.45) is 0 Å². The van der Waals surface area contributed by atoms with Gasteiger partial charge in [-0.05, 0) is 62.2 Å². The molecule has 1 saturated heterocycles. The average molecular weight is 467 g/mol. The molecule has 0 saturated carbocycles. The molecule has 0 bridgehead atoms. The van der Waals surface area contributed by atoms with Crippen LogP contribution >= 0.6 is 11.3 Å². The highest BCUT2D eigenvalue weighted by Crippen LogP contribution is 2.32. The van der Waals surface area contributed by atoms with Gasteiger partial charge in [-0.15, -0.1) is 11.3 Å². The van der Waals surface area contributed by atoms with Crippen molar-refractivity contribution in [2.75, 3.05) is 20.2 Å². The summed E-state index contributed by atoms with van der Waals surface area (Å²) >= 11 is 1.40. The summed E-state index contributed by atoms with van der Waals surface area (Å²) < 4.78 is 21.9. The number of hydrogen-bond acceptors (Lipinski definition) is 5. The highest BCUT2D eigenvalue weighted by molar-refractivity contribution is 7.20. The quantitative estimate of drug-likeness (QED) is 0.412. The van der Waals surface area contributed by atoms with Crippen molar-refractivity contribution >= 4 is 33.4 Å². The number of halogens is 1. The molecule has 4 heterocycles. The number of rotatable bonds is 4. The molecular weight excluding hydrogens is 443 g/mol. The van der Waals surface area contributed by atoms with Gasteiger partial charge in [0, 0.05) is 30.7 Å². The van der Waals surface area contributed by atoms with Crippen LogP contribution < -0.4 is 0 Å². The Labute approximate surface area is 194 Å². The van der Waals surface area contributed by atoms with Crippen LogP contribution in [-0.4, -0.2) is 51.3 Å². The van der Waals surface area contributed by atoms with Gasteiger partial charge in [0.25, 0.3) is 5.91 Å². The zero-order valence-corrected chi connectivity index (χ0v) is 19.1. The molecule has 0 N–H and O–H groups in total. The van der Waals surface area contributed by atoms with Crippen LogP contribution in [-0.2, 0) is 4.74 Å². The largest absolute Gasteiger partial charge is 0.464 e. The molecule has 9 heteroatoms. The Bertz CT molecular complexity index is 1330. The lowest BCUT2D eigenvalue weighted by atomic mass is 10.0. The molecule has 3 aromatic heterocycles. The maximum atomic E-state index is 13.3. The Hall–Kier alpha value is -3.46. The van der Waals surface area contributed by atoms with Crippen molar-refractivity contribution in [1.82, 2.24) is 19.2 Å². The van der Waals surface area contributed by atoms with Crippen molar-refractivity contribution in [3.63, 3.8) is 0 Å². The number of piperidine rings is 1. The standard InChI is InChI=1S/C24H23FN4O3S/c1-15-19-14-21(33-23(19)29(26-15)18-7-5-16(25)6-8-18)22(30)27-12-9-17(10-13-27)28-11-3-4-20(28)24(31)32-2/h3-8,11,14,17H,9-10,12-13H2,1-2H3. The second kappa shape index (κ2) is 8.47. The fraction of sp³-hybridized carbons (Fsp3) is 0.292. The van der Waals surface area contributed by atoms with Crippen LogP contribution in [0.5, 0.6) is 0 Å². The van der Waals surface area contributed by atoms with Gasteiger partial charge in [-0.3, -0.25) is 4.79 Å². The number of carbonyl (C=O) groups is 2. The summed E-state index contributed by atoms with van der Waals surface area (Å²) in [6.45, 7) is 3.13. The number of aromatic nitrogens is 3. The lowest BCUT2D eigenvalue weighted by Crippen LogP contribution is -2.39. The van der Waals surface area contributed by atoms with Gasteiger partial charge >= 0.3 is 5.97 Å². The van der Waals surface area contributed by atoms with E-state index in [1.807, 2.05) is 34.7 Å². The molecule has 1 fully saturated rings. The first-order valence-electron chi connectivity index (χ1n) is 10.8. The number of nitrogens with zero attached hydrogens (tertiary/aromatic N) is 4. The zero-order valence-electron chi connectivity index (χ0n) is 18.3. The number of methoxy groups -OCH3 is 1. The number of amides is 1. The number of carbonyl (C=O) groups excluding carboxylic acids is 2. The van der Waals surface area contributed by atoms with Crippen molar-refractivity contribution in [3.05, 3.63) is 70.7 Å². The SMILES string of the molecule is COC(=O)c1cccn1C1CCN(C(=O)c2cc3c(C)nn(-c4ccc(F)cc4)c3s2)CC1. The van der Waals surface area contributed by atoms with Crippen LogP contribution in [0, 0.1) is 12.7 Å². The van der Waals surface area contributed by atoms with E-state index in [0.717, 1.165) is 34.4 Å². The molecule has 170 valence electrons. The summed E-state index contributed by atoms with van der Waals surface area (Å²) in [6, 6.07) is 11.8. The number of likely N-dealkylation sites (tertiary alicyclic amines) is 1. The summed E-state index contributed by atoms with van der Waals surface area (Å²) in [4.78, 5) is 28.7. The van der Waals surface area contributed by atoms with E-state index < -0.39 is 0 Å². The molecule has 33 heavy (non-hydrogen) atoms. The lowest BCUT2D eigenvalue weighted by molar-refractivity contribution is 0.0573. The third-order valence-electron chi connectivity index (χ3n) is 6.15. The van der Waals surface area contributed by atoms with E-state index in [1.165, 1.54) is 30.6 Å². The summed E-state index contributed by atoms with van der Waals surface area (Å²) in [7, 11) is 1.38. The second-order valence-corrected chi connectivity index (χ2v) is 9.15. The zero-order chi connectivity index (χ0) is 23.1. The Balaban J connectivity index is 1.34. The van der Waals surface area contributed by atoms with Crippen LogP contribution in [0.25, 0.3) is 15.9 Å². The maximum absolute atomic E-state index is 13.3. The average Bonchev–Trinajstić information content (AvgIpc) is 3.56. The van der Waals surface area contributed by atoms with Crippen LogP contribution in [0.4, 0.5) is 4.39 Å². The van der Waals surface area contributed by atoms with Gasteiger partial charge in [-0.1, -0.05) is 0 Å². The number of fused-ring (bicyclic) bond motifs is 1. The van der Waals surface area contributed by atoms with Crippen LogP contribution in [0.2, 0.25) is 0 Å². The monoisotopic (exact) mass is 466 g/mol. The third kappa shape index (κ3) is 3.82. The Morgan fingerprint density at radius 3 is 2.58 bits per heavy atom. The summed E-state index contributed by atoms with van der Waals surface area (Å²) in [6.07, 6.45) is 3.42. The maximum Gasteiger partial charge on any atom is 0.354 e. The van der Waals surface area contributed by atoms with Crippen LogP contribution in [0.1, 0.15) is 44.7 Å². The number of hydrogen-bond donors (Lipinski definition) is 0. The Morgan fingerprint density at radius 1 is 1.15 bits per heavy atom. The van der Waals surface area contributed by atoms with E-state index in [4.69, 9.17) is 4.74 Å². The summed E-state index contributed by atoms with van der Waals surface area (Å²) in [5, 5.41) is 5.50. The minimum atomic E-state index is -0.352. The number of thiophene rings is 1. The van der Waals surface area contributed by atoms with Crippen LogP contribution in [0.15, 0.2) is 48.7 Å². The van der Waals surface area contributed by atoms with Crippen molar-refractivity contribution in [2.45, 2.75) is 25.8 Å². The van der Waals surface area contributed by atoms with E-state index in [2.05, 4.69) is 5.10 Å². The normalized spacial score (nSPS) is 14.7. The molecule has 0 aliphatic carbocycles. The molecule has 0 atom stereocenters. The van der Waals surface area contributed by atoms with Gasteiger partial charge in [-0.2, -0.15) is 5.10 Å². The highest BCUT2D eigenvalue weighted by Gasteiger charge is 2.28. The number of aryl methyl sites for hydroxylation is 1. The van der Waals surface area contributed by atoms with E-state index in [9.17, 15) is 14.0 Å². The minimum Gasteiger partial charge on any atom is -0.464 e. The molecular formula is C24H23FN4O3S. The van der Waals surface area contributed by atoms with Gasteiger partial charge in [0.2, 0.25) is 0 Å². The van der Waals surface area contributed by atoms with Crippen molar-refractivity contribution < 1.29 is 18.7 Å². The first-order valence-corrected chi connectivity index (χ1v) is 11.6. The molecule has 0 radical (unpaired) electrons. The molecule has 0 spiro atoms. The molecule has 0 unspecified atom stereocenters. The molecule has 1 amide bonds. The van der Waals surface area contributed by atoms with E-state index in [0.29, 0.717) is 23.7 Å². The minimum absolute atomic E-state index is 0.000374. The van der Waals surface area contributed by atoms with Gasteiger partial charge in [-0.25, -0.2) is 13.9 Å². The number of benzene rings is 1. The smallest absolute Gasteiger partial charge is 0.354 e. The highest BCUT2D eigenvalue weighted by atomic mass is 32.1. The van der Waals surface area contributed by atoms with Crippen LogP contribution in [0.3, 0.4) is 0 Å². The Kier molecular flexibility index (Phi) is 5.49. The fourth-order valence-electron chi connectivity index (χ4n) is 4.40. The number of esters is 1. The molecule has 5 rings (SSSR count). The van der Waals surface area contributed by atoms with Gasteiger partial charge in [0.15, 0.2) is 0 Å². The fourth-order valence-corrected chi connectivity index (χ4v) is 5.55. The van der Waals surface area contributed by atoms with E-state index in [-0.39, 0.29) is 23.7 Å². The van der Waals surface area contributed by atoms with Gasteiger partial charge in [0.1, 0.15) is 16.3 Å². The number of ether oxygens (including phenoxy) is 1. The van der Waals surface area contributed by atoms with E-state index in [1.54, 1.807) is 22.9 Å². The molecule has 4 aromatic rings. The first-order chi connectivity index (χ1) is 16.0. The lowest BCUT2D eigenvalue weighted by Gasteiger charge is -2.33. The Morgan fingerprint density at radius 2 is 1.88 bits per heavy atom. The first kappa shape index (κ1) is 21.4. The molecule has 7 nitrogen and oxygen atoms in total. The van der Waals surface area contributed by atoms with Gasteiger partial charge in [0.05, 0.1) is 23.4 Å². The van der Waals surface area contributed by atoms with E-state index >= 15 is 0 Å².